The molecule has 0 radical (unpaired) electrons. The zero-order valence-corrected chi connectivity index (χ0v) is 14.2. The Morgan fingerprint density at radius 1 is 1.58 bits per heavy atom. The molecule has 0 amide bonds. The van der Waals surface area contributed by atoms with Crippen molar-refractivity contribution in [2.24, 2.45) is 0 Å². The van der Waals surface area contributed by atoms with E-state index in [9.17, 15) is 9.18 Å². The van der Waals surface area contributed by atoms with E-state index in [0.29, 0.717) is 32.2 Å². The van der Waals surface area contributed by atoms with Gasteiger partial charge in [0.1, 0.15) is 18.4 Å². The smallest absolute Gasteiger partial charge is 0.353 e. The lowest BCUT2D eigenvalue weighted by Crippen LogP contribution is -2.28. The van der Waals surface area contributed by atoms with Crippen molar-refractivity contribution < 1.29 is 19.0 Å². The molecule has 1 aliphatic heterocycles. The second-order valence-corrected chi connectivity index (χ2v) is 5.36. The van der Waals surface area contributed by atoms with Gasteiger partial charge in [0.2, 0.25) is 5.88 Å². The van der Waals surface area contributed by atoms with Crippen LogP contribution in [0.1, 0.15) is 38.5 Å². The molecule has 0 aliphatic carbocycles. The molecule has 1 fully saturated rings. The summed E-state index contributed by atoms with van der Waals surface area (Å²) in [5.41, 5.74) is 1.03. The van der Waals surface area contributed by atoms with E-state index in [-0.39, 0.29) is 18.6 Å². The Labute approximate surface area is 140 Å². The predicted octanol–water partition coefficient (Wildman–Crippen LogP) is 1.83. The lowest BCUT2D eigenvalue weighted by Gasteiger charge is -2.16. The zero-order valence-electron chi connectivity index (χ0n) is 14.2. The minimum atomic E-state index is -0.477. The Morgan fingerprint density at radius 3 is 2.83 bits per heavy atom. The number of halogens is 1. The van der Waals surface area contributed by atoms with E-state index >= 15 is 0 Å². The quantitative estimate of drug-likeness (QED) is 0.655. The van der Waals surface area contributed by atoms with E-state index in [1.807, 2.05) is 19.9 Å². The number of hydrogen-bond donors (Lipinski definition) is 1. The van der Waals surface area contributed by atoms with Crippen molar-refractivity contribution in [1.29, 1.82) is 0 Å². The second kappa shape index (κ2) is 9.85. The van der Waals surface area contributed by atoms with Gasteiger partial charge in [-0.25, -0.2) is 4.79 Å². The molecular weight excluding hydrogens is 315 g/mol. The van der Waals surface area contributed by atoms with Crippen LogP contribution in [-0.2, 0) is 4.74 Å². The summed E-state index contributed by atoms with van der Waals surface area (Å²) in [5.74, 6) is 2.63. The van der Waals surface area contributed by atoms with E-state index in [4.69, 9.17) is 21.0 Å². The Bertz CT molecular complexity index is 660. The van der Waals surface area contributed by atoms with Crippen LogP contribution in [0.2, 0.25) is 0 Å². The van der Waals surface area contributed by atoms with Gasteiger partial charge in [-0.3, -0.25) is 8.96 Å². The molecule has 7 heteroatoms. The fourth-order valence-corrected chi connectivity index (χ4v) is 2.18. The number of terminal acetylenes is 1. The summed E-state index contributed by atoms with van der Waals surface area (Å²) in [6.07, 6.45) is 9.50. The first-order valence-electron chi connectivity index (χ1n) is 7.55. The molecule has 2 heterocycles. The molecule has 0 spiro atoms. The van der Waals surface area contributed by atoms with Crippen molar-refractivity contribution in [1.82, 2.24) is 9.55 Å². The van der Waals surface area contributed by atoms with Gasteiger partial charge in [0, 0.05) is 6.20 Å². The van der Waals surface area contributed by atoms with Crippen molar-refractivity contribution in [2.45, 2.75) is 39.0 Å². The van der Waals surface area contributed by atoms with Gasteiger partial charge in [0.05, 0.1) is 19.9 Å². The fraction of sp³-hybridized carbons (Fsp3) is 0.529. The third-order valence-electron chi connectivity index (χ3n) is 3.38. The maximum atomic E-state index is 12.1. The first-order valence-corrected chi connectivity index (χ1v) is 7.55. The number of nitrogens with zero attached hydrogens (tertiary/aromatic N) is 2. The molecule has 0 saturated carbocycles. The van der Waals surface area contributed by atoms with Crippen LogP contribution in [0, 0.1) is 12.3 Å². The lowest BCUT2D eigenvalue weighted by molar-refractivity contribution is -0.0247. The normalized spacial score (nSPS) is 19.0. The van der Waals surface area contributed by atoms with Gasteiger partial charge in [-0.05, 0) is 32.8 Å². The molecular formula is C17H23FN2O4. The maximum absolute atomic E-state index is 12.1. The van der Waals surface area contributed by atoms with Gasteiger partial charge in [0.25, 0.3) is 0 Å². The fourth-order valence-electron chi connectivity index (χ4n) is 2.18. The van der Waals surface area contributed by atoms with Crippen LogP contribution < -0.4 is 10.4 Å². The molecule has 1 aromatic heterocycles. The number of aliphatic hydroxyl groups is 1. The predicted molar refractivity (Wildman–Crippen MR) is 88.6 cm³/mol. The standard InChI is InChI=1S/C16H20N2O4.CH3F/c1-4-12-9-18(14-6-5-13(10-19)22-14)16(20)17-15(12)21-8-7-11(2)3;1-2/h1,7,9,13-14,19H,5-6,8,10H2,2-3H3;1H3. The van der Waals surface area contributed by atoms with E-state index in [1.54, 1.807) is 0 Å². The second-order valence-electron chi connectivity index (χ2n) is 5.36. The average molecular weight is 338 g/mol. The third-order valence-corrected chi connectivity index (χ3v) is 3.38. The largest absolute Gasteiger partial charge is 0.472 e. The molecule has 2 unspecified atom stereocenters. The molecule has 1 aliphatic rings. The van der Waals surface area contributed by atoms with Crippen molar-refractivity contribution in [3.63, 3.8) is 0 Å². The van der Waals surface area contributed by atoms with Crippen molar-refractivity contribution >= 4 is 0 Å². The molecule has 0 bridgehead atoms. The van der Waals surface area contributed by atoms with Crippen LogP contribution in [0.4, 0.5) is 4.39 Å². The maximum Gasteiger partial charge on any atom is 0.353 e. The van der Waals surface area contributed by atoms with Gasteiger partial charge in [-0.15, -0.1) is 6.42 Å². The lowest BCUT2D eigenvalue weighted by atomic mass is 10.2. The van der Waals surface area contributed by atoms with Crippen LogP contribution in [0.25, 0.3) is 0 Å². The number of aromatic nitrogens is 2. The topological polar surface area (TPSA) is 73.6 Å². The van der Waals surface area contributed by atoms with Crippen molar-refractivity contribution in [3.8, 4) is 18.2 Å². The third kappa shape index (κ3) is 5.18. The summed E-state index contributed by atoms with van der Waals surface area (Å²) < 4.78 is 21.9. The monoisotopic (exact) mass is 338 g/mol. The van der Waals surface area contributed by atoms with Crippen LogP contribution >= 0.6 is 0 Å². The van der Waals surface area contributed by atoms with Gasteiger partial charge >= 0.3 is 5.69 Å². The van der Waals surface area contributed by atoms with Gasteiger partial charge in [-0.1, -0.05) is 11.5 Å². The molecule has 0 aromatic carbocycles. The zero-order chi connectivity index (χ0) is 18.1. The Hall–Kier alpha value is -2.17. The molecule has 1 N–H and O–H groups in total. The highest BCUT2D eigenvalue weighted by Gasteiger charge is 2.27. The van der Waals surface area contributed by atoms with Gasteiger partial charge < -0.3 is 14.6 Å². The van der Waals surface area contributed by atoms with E-state index < -0.39 is 11.9 Å². The number of aliphatic hydroxyl groups excluding tert-OH is 1. The summed E-state index contributed by atoms with van der Waals surface area (Å²) in [5, 5.41) is 9.10. The highest BCUT2D eigenvalue weighted by atomic mass is 19.1. The highest BCUT2D eigenvalue weighted by Crippen LogP contribution is 2.27. The van der Waals surface area contributed by atoms with Crippen molar-refractivity contribution in [3.05, 3.63) is 33.9 Å². The van der Waals surface area contributed by atoms with E-state index in [0.717, 1.165) is 5.57 Å². The first-order chi connectivity index (χ1) is 11.5. The Kier molecular flexibility index (Phi) is 8.16. The Morgan fingerprint density at radius 2 is 2.29 bits per heavy atom. The highest BCUT2D eigenvalue weighted by molar-refractivity contribution is 5.38. The number of alkyl halides is 1. The first kappa shape index (κ1) is 19.9. The summed E-state index contributed by atoms with van der Waals surface area (Å²) in [7, 11) is 0.500. The van der Waals surface area contributed by atoms with Crippen molar-refractivity contribution in [2.75, 3.05) is 20.4 Å². The molecule has 2 atom stereocenters. The van der Waals surface area contributed by atoms with Crippen LogP contribution in [-0.4, -0.2) is 41.2 Å². The molecule has 24 heavy (non-hydrogen) atoms. The number of ether oxygens (including phenoxy) is 2. The van der Waals surface area contributed by atoms with Crippen LogP contribution in [0.3, 0.4) is 0 Å². The number of rotatable bonds is 5. The summed E-state index contributed by atoms with van der Waals surface area (Å²) in [6, 6.07) is 0. The summed E-state index contributed by atoms with van der Waals surface area (Å²) in [4.78, 5) is 16.0. The summed E-state index contributed by atoms with van der Waals surface area (Å²) >= 11 is 0. The number of hydrogen-bond acceptors (Lipinski definition) is 5. The summed E-state index contributed by atoms with van der Waals surface area (Å²) in [6.45, 7) is 4.14. The Balaban J connectivity index is 0.00000139. The van der Waals surface area contributed by atoms with Crippen LogP contribution in [0.5, 0.6) is 5.88 Å². The average Bonchev–Trinajstić information content (AvgIpc) is 3.05. The van der Waals surface area contributed by atoms with E-state index in [2.05, 4.69) is 10.9 Å². The van der Waals surface area contributed by atoms with E-state index in [1.165, 1.54) is 10.8 Å². The molecule has 2 rings (SSSR count). The molecule has 1 saturated heterocycles. The van der Waals surface area contributed by atoms with Gasteiger partial charge in [-0.2, -0.15) is 4.98 Å². The SMILES string of the molecule is C#Cc1cn(C2CCC(CO)O2)c(=O)nc1OCC=C(C)C.CF. The minimum absolute atomic E-state index is 0.0649. The number of allylic oxidation sites excluding steroid dienone is 1. The molecule has 6 nitrogen and oxygen atoms in total. The van der Waals surface area contributed by atoms with Gasteiger partial charge in [0.15, 0.2) is 0 Å². The minimum Gasteiger partial charge on any atom is -0.472 e. The molecule has 132 valence electrons. The van der Waals surface area contributed by atoms with Crippen LogP contribution in [0.15, 0.2) is 22.6 Å². The molecule has 1 aromatic rings.